The summed E-state index contributed by atoms with van der Waals surface area (Å²) < 4.78 is 11.2. The normalized spacial score (nSPS) is 12.3. The van der Waals surface area contributed by atoms with Gasteiger partial charge in [0.15, 0.2) is 11.5 Å². The summed E-state index contributed by atoms with van der Waals surface area (Å²) in [5, 5.41) is 1.24. The van der Waals surface area contributed by atoms with Crippen LogP contribution in [0.15, 0.2) is 48.7 Å². The van der Waals surface area contributed by atoms with Gasteiger partial charge in [-0.3, -0.25) is 0 Å². The quantitative estimate of drug-likeness (QED) is 0.645. The highest BCUT2D eigenvalue weighted by Gasteiger charge is 2.16. The molecule has 0 spiro atoms. The summed E-state index contributed by atoms with van der Waals surface area (Å²) in [6.07, 6.45) is 3.92. The lowest BCUT2D eigenvalue weighted by atomic mass is 9.91. The van der Waals surface area contributed by atoms with Crippen LogP contribution in [0.1, 0.15) is 30.4 Å². The number of benzene rings is 2. The molecular weight excluding hydrogens is 312 g/mol. The van der Waals surface area contributed by atoms with Crippen LogP contribution in [0.25, 0.3) is 10.9 Å². The Morgan fingerprint density at radius 3 is 2.72 bits per heavy atom. The van der Waals surface area contributed by atoms with E-state index in [0.29, 0.717) is 13.2 Å². The predicted octanol–water partition coefficient (Wildman–Crippen LogP) is 4.25. The molecule has 1 heterocycles. The van der Waals surface area contributed by atoms with Gasteiger partial charge in [0, 0.05) is 23.0 Å². The van der Waals surface area contributed by atoms with Crippen molar-refractivity contribution in [2.45, 2.75) is 25.7 Å². The summed E-state index contributed by atoms with van der Waals surface area (Å²) in [5.74, 6) is 1.83. The van der Waals surface area contributed by atoms with Crippen LogP contribution >= 0.6 is 0 Å². The van der Waals surface area contributed by atoms with Crippen LogP contribution < -0.4 is 15.2 Å². The second-order valence-electron chi connectivity index (χ2n) is 6.26. The van der Waals surface area contributed by atoms with E-state index in [-0.39, 0.29) is 5.92 Å². The van der Waals surface area contributed by atoms with Crippen LogP contribution in [0.3, 0.4) is 0 Å². The summed E-state index contributed by atoms with van der Waals surface area (Å²) in [5.41, 5.74) is 9.73. The van der Waals surface area contributed by atoms with Gasteiger partial charge in [-0.15, -0.1) is 0 Å². The molecule has 132 valence electrons. The predicted molar refractivity (Wildman–Crippen MR) is 103 cm³/mol. The minimum Gasteiger partial charge on any atom is -0.493 e. The van der Waals surface area contributed by atoms with Crippen molar-refractivity contribution in [2.24, 2.45) is 5.73 Å². The van der Waals surface area contributed by atoms with E-state index in [4.69, 9.17) is 15.2 Å². The van der Waals surface area contributed by atoms with E-state index in [1.807, 2.05) is 12.1 Å². The molecule has 3 rings (SSSR count). The lowest BCUT2D eigenvalue weighted by molar-refractivity contribution is 0.294. The maximum atomic E-state index is 6.11. The monoisotopic (exact) mass is 338 g/mol. The smallest absolute Gasteiger partial charge is 0.161 e. The zero-order chi connectivity index (χ0) is 17.6. The first-order valence-electron chi connectivity index (χ1n) is 8.82. The molecule has 0 radical (unpaired) electrons. The standard InChI is InChI=1S/C21H26N2O2/c1-3-10-25-21-12-15(8-9-20(21)24-2)11-16(13-22)18-14-23-19-7-5-4-6-17(18)19/h4-9,12,14,16,23H,3,10-11,13,22H2,1-2H3. The minimum absolute atomic E-state index is 0.253. The van der Waals surface area contributed by atoms with Crippen molar-refractivity contribution in [3.8, 4) is 11.5 Å². The summed E-state index contributed by atoms with van der Waals surface area (Å²) >= 11 is 0. The van der Waals surface area contributed by atoms with Gasteiger partial charge in [0.25, 0.3) is 0 Å². The van der Waals surface area contributed by atoms with Gasteiger partial charge in [-0.1, -0.05) is 31.2 Å². The van der Waals surface area contributed by atoms with Gasteiger partial charge in [0.2, 0.25) is 0 Å². The van der Waals surface area contributed by atoms with E-state index >= 15 is 0 Å². The van der Waals surface area contributed by atoms with E-state index in [1.165, 1.54) is 16.5 Å². The number of ether oxygens (including phenoxy) is 2. The molecule has 0 amide bonds. The number of aromatic nitrogens is 1. The van der Waals surface area contributed by atoms with Crippen LogP contribution in [0.5, 0.6) is 11.5 Å². The molecule has 0 bridgehead atoms. The molecule has 0 aliphatic heterocycles. The molecule has 0 saturated carbocycles. The average Bonchev–Trinajstić information content (AvgIpc) is 3.08. The third-order valence-corrected chi connectivity index (χ3v) is 4.52. The lowest BCUT2D eigenvalue weighted by Crippen LogP contribution is -2.15. The van der Waals surface area contributed by atoms with Crippen molar-refractivity contribution in [3.05, 3.63) is 59.8 Å². The second-order valence-corrected chi connectivity index (χ2v) is 6.26. The number of fused-ring (bicyclic) bond motifs is 1. The Labute approximate surface area is 149 Å². The summed E-state index contributed by atoms with van der Waals surface area (Å²) in [7, 11) is 1.67. The Balaban J connectivity index is 1.86. The largest absolute Gasteiger partial charge is 0.493 e. The Kier molecular flexibility index (Phi) is 5.61. The summed E-state index contributed by atoms with van der Waals surface area (Å²) in [4.78, 5) is 3.35. The zero-order valence-corrected chi connectivity index (χ0v) is 14.9. The van der Waals surface area contributed by atoms with E-state index < -0.39 is 0 Å². The molecular formula is C21H26N2O2. The highest BCUT2D eigenvalue weighted by atomic mass is 16.5. The van der Waals surface area contributed by atoms with Gasteiger partial charge in [-0.2, -0.15) is 0 Å². The van der Waals surface area contributed by atoms with Crippen molar-refractivity contribution in [2.75, 3.05) is 20.3 Å². The molecule has 0 aliphatic carbocycles. The molecule has 0 aliphatic rings. The number of methoxy groups -OCH3 is 1. The molecule has 3 N–H and O–H groups in total. The van der Waals surface area contributed by atoms with Crippen molar-refractivity contribution in [1.82, 2.24) is 4.98 Å². The van der Waals surface area contributed by atoms with Crippen LogP contribution in [0, 0.1) is 0 Å². The van der Waals surface area contributed by atoms with Gasteiger partial charge in [-0.05, 0) is 48.7 Å². The number of H-pyrrole nitrogens is 1. The van der Waals surface area contributed by atoms with Crippen LogP contribution in [0.4, 0.5) is 0 Å². The Morgan fingerprint density at radius 2 is 1.96 bits per heavy atom. The fourth-order valence-corrected chi connectivity index (χ4v) is 3.21. The van der Waals surface area contributed by atoms with Gasteiger partial charge in [0.1, 0.15) is 0 Å². The van der Waals surface area contributed by atoms with Crippen molar-refractivity contribution in [3.63, 3.8) is 0 Å². The Morgan fingerprint density at radius 1 is 1.12 bits per heavy atom. The molecule has 4 nitrogen and oxygen atoms in total. The van der Waals surface area contributed by atoms with Gasteiger partial charge in [-0.25, -0.2) is 0 Å². The zero-order valence-electron chi connectivity index (χ0n) is 14.9. The van der Waals surface area contributed by atoms with Gasteiger partial charge in [0.05, 0.1) is 13.7 Å². The number of rotatable bonds is 8. The van der Waals surface area contributed by atoms with Crippen molar-refractivity contribution >= 4 is 10.9 Å². The van der Waals surface area contributed by atoms with E-state index in [9.17, 15) is 0 Å². The number of hydrogen-bond donors (Lipinski definition) is 2. The van der Waals surface area contributed by atoms with Crippen LogP contribution in [-0.4, -0.2) is 25.2 Å². The average molecular weight is 338 g/mol. The first-order valence-corrected chi connectivity index (χ1v) is 8.82. The molecule has 2 aromatic carbocycles. The third-order valence-electron chi connectivity index (χ3n) is 4.52. The summed E-state index contributed by atoms with van der Waals surface area (Å²) in [6, 6.07) is 14.5. The maximum absolute atomic E-state index is 6.11. The molecule has 4 heteroatoms. The van der Waals surface area contributed by atoms with Crippen LogP contribution in [0.2, 0.25) is 0 Å². The summed E-state index contributed by atoms with van der Waals surface area (Å²) in [6.45, 7) is 3.37. The second kappa shape index (κ2) is 8.08. The van der Waals surface area contributed by atoms with Crippen molar-refractivity contribution in [1.29, 1.82) is 0 Å². The first-order chi connectivity index (χ1) is 12.3. The number of aromatic amines is 1. The molecule has 1 aromatic heterocycles. The van der Waals surface area contributed by atoms with E-state index in [1.54, 1.807) is 7.11 Å². The first kappa shape index (κ1) is 17.4. The van der Waals surface area contributed by atoms with Crippen LogP contribution in [-0.2, 0) is 6.42 Å². The van der Waals surface area contributed by atoms with Gasteiger partial charge >= 0.3 is 0 Å². The lowest BCUT2D eigenvalue weighted by Gasteiger charge is -2.16. The molecule has 1 unspecified atom stereocenters. The Bertz CT molecular complexity index is 826. The van der Waals surface area contributed by atoms with E-state index in [0.717, 1.165) is 29.9 Å². The highest BCUT2D eigenvalue weighted by Crippen LogP contribution is 2.32. The minimum atomic E-state index is 0.253. The fourth-order valence-electron chi connectivity index (χ4n) is 3.21. The number of nitrogens with two attached hydrogens (primary N) is 1. The number of para-hydroxylation sites is 1. The maximum Gasteiger partial charge on any atom is 0.161 e. The van der Waals surface area contributed by atoms with Gasteiger partial charge < -0.3 is 20.2 Å². The molecule has 3 aromatic rings. The van der Waals surface area contributed by atoms with E-state index in [2.05, 4.69) is 48.4 Å². The SMILES string of the molecule is CCCOc1cc(CC(CN)c2c[nH]c3ccccc23)ccc1OC. The molecule has 1 atom stereocenters. The highest BCUT2D eigenvalue weighted by molar-refractivity contribution is 5.83. The topological polar surface area (TPSA) is 60.3 Å². The Hall–Kier alpha value is -2.46. The number of hydrogen-bond acceptors (Lipinski definition) is 3. The fraction of sp³-hybridized carbons (Fsp3) is 0.333. The molecule has 0 saturated heterocycles. The molecule has 0 fully saturated rings. The van der Waals surface area contributed by atoms with Crippen molar-refractivity contribution < 1.29 is 9.47 Å². The third kappa shape index (κ3) is 3.80. The number of nitrogens with one attached hydrogen (secondary N) is 1. The molecule has 25 heavy (non-hydrogen) atoms.